The number of hydrogen-bond acceptors (Lipinski definition) is 3. The van der Waals surface area contributed by atoms with Crippen molar-refractivity contribution < 1.29 is 14.7 Å². The van der Waals surface area contributed by atoms with Crippen molar-refractivity contribution in [1.29, 1.82) is 0 Å². The van der Waals surface area contributed by atoms with Gasteiger partial charge >= 0.3 is 0 Å². The van der Waals surface area contributed by atoms with Crippen LogP contribution in [0.3, 0.4) is 0 Å². The number of allylic oxidation sites excluding steroid dienone is 1. The Hall–Kier alpha value is -2.10. The first-order valence-electron chi connectivity index (χ1n) is 6.84. The number of hydrogen-bond donors (Lipinski definition) is 1. The number of rotatable bonds is 2. The third kappa shape index (κ3) is 2.01. The van der Waals surface area contributed by atoms with Gasteiger partial charge in [-0.25, -0.2) is 0 Å². The van der Waals surface area contributed by atoms with Crippen LogP contribution < -0.4 is 0 Å². The van der Waals surface area contributed by atoms with E-state index in [9.17, 15) is 14.7 Å². The highest BCUT2D eigenvalue weighted by Gasteiger charge is 2.40. The van der Waals surface area contributed by atoms with Crippen LogP contribution in [-0.4, -0.2) is 28.7 Å². The highest BCUT2D eigenvalue weighted by atomic mass is 16.3. The monoisotopic (exact) mass is 271 g/mol. The van der Waals surface area contributed by atoms with Gasteiger partial charge in [0.15, 0.2) is 5.78 Å². The number of carbonyl (C=O) groups excluding carboxylic acids is 2. The third-order valence-electron chi connectivity index (χ3n) is 4.34. The van der Waals surface area contributed by atoms with Crippen LogP contribution in [0.1, 0.15) is 30.0 Å². The molecule has 1 heterocycles. The van der Waals surface area contributed by atoms with Crippen molar-refractivity contribution in [3.63, 3.8) is 0 Å². The van der Waals surface area contributed by atoms with E-state index in [-0.39, 0.29) is 23.5 Å². The number of likely N-dealkylation sites (tertiary alicyclic amines) is 1. The number of amides is 1. The maximum atomic E-state index is 11.5. The van der Waals surface area contributed by atoms with Crippen LogP contribution in [-0.2, 0) is 9.59 Å². The Kier molecular flexibility index (Phi) is 3.08. The molecule has 1 aromatic carbocycles. The van der Waals surface area contributed by atoms with Gasteiger partial charge in [-0.15, -0.1) is 0 Å². The fraction of sp³-hybridized carbons (Fsp3) is 0.375. The second-order valence-corrected chi connectivity index (χ2v) is 5.60. The molecule has 1 aliphatic heterocycles. The number of phenols is 1. The molecule has 3 rings (SSSR count). The van der Waals surface area contributed by atoms with Crippen molar-refractivity contribution in [2.24, 2.45) is 5.92 Å². The molecule has 1 aliphatic carbocycles. The molecule has 1 aromatic rings. The normalized spacial score (nSPS) is 25.4. The van der Waals surface area contributed by atoms with Crippen LogP contribution >= 0.6 is 0 Å². The van der Waals surface area contributed by atoms with Crippen molar-refractivity contribution >= 4 is 12.2 Å². The van der Waals surface area contributed by atoms with Gasteiger partial charge in [0.2, 0.25) is 6.41 Å². The number of nitrogens with zero attached hydrogens (tertiary/aromatic N) is 1. The Bertz CT molecular complexity index is 606. The molecule has 4 heteroatoms. The molecule has 0 radical (unpaired) electrons. The molecule has 0 spiro atoms. The van der Waals surface area contributed by atoms with E-state index in [1.807, 2.05) is 19.1 Å². The quantitative estimate of drug-likeness (QED) is 0.838. The fourth-order valence-electron chi connectivity index (χ4n) is 3.27. The van der Waals surface area contributed by atoms with Gasteiger partial charge < -0.3 is 10.0 Å². The Morgan fingerprint density at radius 2 is 2.20 bits per heavy atom. The molecule has 1 saturated heterocycles. The largest absolute Gasteiger partial charge is 0.508 e. The lowest BCUT2D eigenvalue weighted by Crippen LogP contribution is -2.24. The van der Waals surface area contributed by atoms with Gasteiger partial charge in [0.05, 0.1) is 6.04 Å². The van der Waals surface area contributed by atoms with E-state index in [2.05, 4.69) is 0 Å². The average molecular weight is 271 g/mol. The van der Waals surface area contributed by atoms with E-state index in [1.165, 1.54) is 0 Å². The highest BCUT2D eigenvalue weighted by Crippen LogP contribution is 2.44. The first-order chi connectivity index (χ1) is 9.60. The SMILES string of the molecule is Cc1ccc(C2C3CCC(=O)C=C3CN2C=O)cc1O. The van der Waals surface area contributed by atoms with Gasteiger partial charge in [0.25, 0.3) is 0 Å². The smallest absolute Gasteiger partial charge is 0.210 e. The Balaban J connectivity index is 2.01. The molecule has 2 unspecified atom stereocenters. The molecule has 1 amide bonds. The first kappa shape index (κ1) is 12.9. The molecule has 1 N–H and O–H groups in total. The van der Waals surface area contributed by atoms with E-state index in [0.717, 1.165) is 29.5 Å². The van der Waals surface area contributed by atoms with Crippen molar-refractivity contribution in [1.82, 2.24) is 4.90 Å². The minimum absolute atomic E-state index is 0.0710. The zero-order valence-corrected chi connectivity index (χ0v) is 11.4. The van der Waals surface area contributed by atoms with Crippen molar-refractivity contribution in [3.05, 3.63) is 41.0 Å². The molecule has 2 aliphatic rings. The summed E-state index contributed by atoms with van der Waals surface area (Å²) in [5.41, 5.74) is 2.79. The van der Waals surface area contributed by atoms with Gasteiger partial charge in [-0.2, -0.15) is 0 Å². The molecule has 2 atom stereocenters. The molecule has 0 aromatic heterocycles. The third-order valence-corrected chi connectivity index (χ3v) is 4.34. The molecular weight excluding hydrogens is 254 g/mol. The number of fused-ring (bicyclic) bond motifs is 1. The zero-order valence-electron chi connectivity index (χ0n) is 11.4. The second-order valence-electron chi connectivity index (χ2n) is 5.60. The van der Waals surface area contributed by atoms with E-state index in [4.69, 9.17) is 0 Å². The minimum atomic E-state index is -0.0710. The van der Waals surface area contributed by atoms with Crippen LogP contribution in [0, 0.1) is 12.8 Å². The standard InChI is InChI=1S/C16H17NO3/c1-10-2-3-11(7-15(10)20)16-14-5-4-13(19)6-12(14)8-17(16)9-18/h2-3,6-7,9,14,16,20H,4-5,8H2,1H3. The van der Waals surface area contributed by atoms with E-state index >= 15 is 0 Å². The summed E-state index contributed by atoms with van der Waals surface area (Å²) >= 11 is 0. The number of carbonyl (C=O) groups is 2. The van der Waals surface area contributed by atoms with Gasteiger partial charge in [-0.05, 0) is 42.2 Å². The van der Waals surface area contributed by atoms with Crippen molar-refractivity contribution in [2.75, 3.05) is 6.54 Å². The van der Waals surface area contributed by atoms with E-state index < -0.39 is 0 Å². The summed E-state index contributed by atoms with van der Waals surface area (Å²) in [5, 5.41) is 9.88. The Labute approximate surface area is 117 Å². The number of benzene rings is 1. The van der Waals surface area contributed by atoms with Gasteiger partial charge in [-0.1, -0.05) is 12.1 Å². The predicted molar refractivity (Wildman–Crippen MR) is 74.2 cm³/mol. The van der Waals surface area contributed by atoms with Crippen molar-refractivity contribution in [3.8, 4) is 5.75 Å². The summed E-state index contributed by atoms with van der Waals surface area (Å²) in [6.07, 6.45) is 3.84. The molecular formula is C16H17NO3. The fourth-order valence-corrected chi connectivity index (χ4v) is 3.27. The maximum Gasteiger partial charge on any atom is 0.210 e. The summed E-state index contributed by atoms with van der Waals surface area (Å²) in [4.78, 5) is 24.6. The van der Waals surface area contributed by atoms with Crippen LogP contribution in [0.25, 0.3) is 0 Å². The summed E-state index contributed by atoms with van der Waals surface area (Å²) < 4.78 is 0. The van der Waals surface area contributed by atoms with Gasteiger partial charge in [0.1, 0.15) is 5.75 Å². The van der Waals surface area contributed by atoms with Crippen LogP contribution in [0.5, 0.6) is 5.75 Å². The van der Waals surface area contributed by atoms with Crippen LogP contribution in [0.2, 0.25) is 0 Å². The lowest BCUT2D eigenvalue weighted by Gasteiger charge is -2.26. The minimum Gasteiger partial charge on any atom is -0.508 e. The molecule has 0 saturated carbocycles. The van der Waals surface area contributed by atoms with Gasteiger partial charge in [-0.3, -0.25) is 9.59 Å². The summed E-state index contributed by atoms with van der Waals surface area (Å²) in [5.74, 6) is 0.590. The van der Waals surface area contributed by atoms with E-state index in [1.54, 1.807) is 17.0 Å². The zero-order chi connectivity index (χ0) is 14.3. The lowest BCUT2D eigenvalue weighted by atomic mass is 9.82. The molecule has 1 fully saturated rings. The lowest BCUT2D eigenvalue weighted by molar-refractivity contribution is -0.119. The number of ketones is 1. The first-order valence-corrected chi connectivity index (χ1v) is 6.84. The summed E-state index contributed by atoms with van der Waals surface area (Å²) in [7, 11) is 0. The topological polar surface area (TPSA) is 57.6 Å². The molecule has 20 heavy (non-hydrogen) atoms. The van der Waals surface area contributed by atoms with Crippen LogP contribution in [0.15, 0.2) is 29.8 Å². The molecule has 4 nitrogen and oxygen atoms in total. The Morgan fingerprint density at radius 3 is 2.90 bits per heavy atom. The predicted octanol–water partition coefficient (Wildman–Crippen LogP) is 2.12. The summed E-state index contributed by atoms with van der Waals surface area (Å²) in [6.45, 7) is 2.36. The summed E-state index contributed by atoms with van der Waals surface area (Å²) in [6, 6.07) is 5.48. The highest BCUT2D eigenvalue weighted by molar-refractivity contribution is 5.91. The number of phenolic OH excluding ortho intramolecular Hbond substituents is 1. The maximum absolute atomic E-state index is 11.5. The van der Waals surface area contributed by atoms with E-state index in [0.29, 0.717) is 13.0 Å². The number of aromatic hydroxyl groups is 1. The van der Waals surface area contributed by atoms with Gasteiger partial charge in [0, 0.05) is 18.9 Å². The second kappa shape index (κ2) is 4.78. The van der Waals surface area contributed by atoms with Crippen LogP contribution in [0.4, 0.5) is 0 Å². The molecule has 0 bridgehead atoms. The Morgan fingerprint density at radius 1 is 1.40 bits per heavy atom. The molecule has 104 valence electrons. The van der Waals surface area contributed by atoms with Crippen molar-refractivity contribution in [2.45, 2.75) is 25.8 Å². The number of aryl methyl sites for hydroxylation is 1. The average Bonchev–Trinajstić information content (AvgIpc) is 2.79.